The van der Waals surface area contributed by atoms with Crippen molar-refractivity contribution in [3.8, 4) is 0 Å². The first kappa shape index (κ1) is 15.7. The van der Waals surface area contributed by atoms with Gasteiger partial charge in [-0.1, -0.05) is 13.8 Å². The fraction of sp³-hybridized carbons (Fsp3) is 0.909. The van der Waals surface area contributed by atoms with Crippen molar-refractivity contribution in [1.29, 1.82) is 0 Å². The first-order valence-corrected chi connectivity index (χ1v) is 5.67. The minimum atomic E-state index is -0.468. The summed E-state index contributed by atoms with van der Waals surface area (Å²) in [5.74, 6) is 0.644. The Bertz CT molecular complexity index is 222. The summed E-state index contributed by atoms with van der Waals surface area (Å²) in [4.78, 5) is 14.0. The van der Waals surface area contributed by atoms with Crippen LogP contribution >= 0.6 is 12.4 Å². The van der Waals surface area contributed by atoms with E-state index in [4.69, 9.17) is 10.5 Å². The molecule has 0 radical (unpaired) electrons. The second kappa shape index (κ2) is 7.09. The average Bonchev–Trinajstić information content (AvgIpc) is 2.61. The molecule has 0 aromatic rings. The van der Waals surface area contributed by atoms with Gasteiger partial charge in [0.05, 0.1) is 0 Å². The highest BCUT2D eigenvalue weighted by molar-refractivity contribution is 5.85. The molecule has 1 amide bonds. The van der Waals surface area contributed by atoms with Gasteiger partial charge in [0.2, 0.25) is 0 Å². The van der Waals surface area contributed by atoms with Crippen LogP contribution in [0, 0.1) is 5.92 Å². The number of nitrogens with zero attached hydrogens (tertiary/aromatic N) is 1. The van der Waals surface area contributed by atoms with Crippen molar-refractivity contribution in [3.63, 3.8) is 0 Å². The van der Waals surface area contributed by atoms with Crippen molar-refractivity contribution in [2.75, 3.05) is 20.2 Å². The average molecular weight is 251 g/mol. The quantitative estimate of drug-likeness (QED) is 0.811. The minimum Gasteiger partial charge on any atom is -0.370 e. The number of ether oxygens (including phenoxy) is 1. The van der Waals surface area contributed by atoms with Crippen molar-refractivity contribution < 1.29 is 9.53 Å². The maximum atomic E-state index is 12.0. The van der Waals surface area contributed by atoms with Crippen LogP contribution in [0.3, 0.4) is 0 Å². The second-order valence-corrected chi connectivity index (χ2v) is 4.35. The molecule has 1 rings (SSSR count). The predicted molar refractivity (Wildman–Crippen MR) is 66.7 cm³/mol. The fourth-order valence-corrected chi connectivity index (χ4v) is 2.29. The standard InChI is InChI=1S/C11H22N2O2.ClH/c1-4-9-5-8(2)7-13(9)11(14)10(6-12)15-3;/h8-10H,4-7,12H2,1-3H3;1H. The molecule has 4 nitrogen and oxygen atoms in total. The van der Waals surface area contributed by atoms with Crippen LogP contribution in [0.2, 0.25) is 0 Å². The topological polar surface area (TPSA) is 55.6 Å². The van der Waals surface area contributed by atoms with E-state index in [1.54, 1.807) is 0 Å². The maximum absolute atomic E-state index is 12.0. The van der Waals surface area contributed by atoms with E-state index in [1.807, 2.05) is 4.90 Å². The lowest BCUT2D eigenvalue weighted by molar-refractivity contribution is -0.142. The van der Waals surface area contributed by atoms with E-state index >= 15 is 0 Å². The number of carbonyl (C=O) groups is 1. The lowest BCUT2D eigenvalue weighted by Gasteiger charge is -2.27. The second-order valence-electron chi connectivity index (χ2n) is 4.35. The highest BCUT2D eigenvalue weighted by Crippen LogP contribution is 2.25. The number of hydrogen-bond donors (Lipinski definition) is 1. The van der Waals surface area contributed by atoms with Gasteiger partial charge in [0.1, 0.15) is 6.10 Å². The molecule has 2 N–H and O–H groups in total. The van der Waals surface area contributed by atoms with Gasteiger partial charge >= 0.3 is 0 Å². The molecule has 96 valence electrons. The van der Waals surface area contributed by atoms with Crippen molar-refractivity contribution in [3.05, 3.63) is 0 Å². The Morgan fingerprint density at radius 2 is 2.25 bits per heavy atom. The van der Waals surface area contributed by atoms with Crippen LogP contribution < -0.4 is 5.73 Å². The van der Waals surface area contributed by atoms with E-state index in [0.29, 0.717) is 12.0 Å². The summed E-state index contributed by atoms with van der Waals surface area (Å²) in [7, 11) is 1.54. The van der Waals surface area contributed by atoms with Crippen molar-refractivity contribution >= 4 is 18.3 Å². The lowest BCUT2D eigenvalue weighted by atomic mass is 10.1. The van der Waals surface area contributed by atoms with Crippen molar-refractivity contribution in [2.45, 2.75) is 38.8 Å². The van der Waals surface area contributed by atoms with Crippen LogP contribution in [0.5, 0.6) is 0 Å². The largest absolute Gasteiger partial charge is 0.370 e. The SMILES string of the molecule is CCC1CC(C)CN1C(=O)C(CN)OC.Cl. The molecule has 0 spiro atoms. The van der Waals surface area contributed by atoms with Gasteiger partial charge in [-0.15, -0.1) is 12.4 Å². The molecule has 1 aliphatic heterocycles. The fourth-order valence-electron chi connectivity index (χ4n) is 2.29. The molecule has 0 saturated carbocycles. The van der Waals surface area contributed by atoms with E-state index in [9.17, 15) is 4.79 Å². The molecule has 1 aliphatic rings. The molecule has 1 fully saturated rings. The van der Waals surface area contributed by atoms with Gasteiger partial charge in [-0.25, -0.2) is 0 Å². The summed E-state index contributed by atoms with van der Waals surface area (Å²) in [5, 5.41) is 0. The number of rotatable bonds is 4. The first-order chi connectivity index (χ1) is 7.13. The van der Waals surface area contributed by atoms with E-state index in [2.05, 4.69) is 13.8 Å². The molecule has 3 unspecified atom stereocenters. The molecular formula is C11H23ClN2O2. The zero-order chi connectivity index (χ0) is 11.4. The van der Waals surface area contributed by atoms with Crippen LogP contribution in [0.4, 0.5) is 0 Å². The van der Waals surface area contributed by atoms with Crippen LogP contribution in [-0.4, -0.2) is 43.2 Å². The molecule has 1 heterocycles. The number of nitrogens with two attached hydrogens (primary N) is 1. The molecular weight excluding hydrogens is 228 g/mol. The van der Waals surface area contributed by atoms with Crippen LogP contribution in [0.1, 0.15) is 26.7 Å². The van der Waals surface area contributed by atoms with Gasteiger partial charge in [-0.2, -0.15) is 0 Å². The zero-order valence-corrected chi connectivity index (χ0v) is 11.1. The first-order valence-electron chi connectivity index (χ1n) is 5.67. The molecule has 0 aliphatic carbocycles. The Morgan fingerprint density at radius 3 is 2.69 bits per heavy atom. The summed E-state index contributed by atoms with van der Waals surface area (Å²) in [6, 6.07) is 0.372. The zero-order valence-electron chi connectivity index (χ0n) is 10.3. The van der Waals surface area contributed by atoms with E-state index in [0.717, 1.165) is 19.4 Å². The highest BCUT2D eigenvalue weighted by Gasteiger charge is 2.34. The van der Waals surface area contributed by atoms with Gasteiger partial charge in [0.15, 0.2) is 0 Å². The Morgan fingerprint density at radius 1 is 1.62 bits per heavy atom. The lowest BCUT2D eigenvalue weighted by Crippen LogP contribution is -2.45. The van der Waals surface area contributed by atoms with Crippen LogP contribution in [0.25, 0.3) is 0 Å². The number of methoxy groups -OCH3 is 1. The summed E-state index contributed by atoms with van der Waals surface area (Å²) < 4.78 is 5.09. The predicted octanol–water partition coefficient (Wildman–Crippen LogP) is 1.03. The van der Waals surface area contributed by atoms with Crippen molar-refractivity contribution in [1.82, 2.24) is 4.90 Å². The van der Waals surface area contributed by atoms with E-state index < -0.39 is 6.10 Å². The molecule has 0 aromatic carbocycles. The highest BCUT2D eigenvalue weighted by atomic mass is 35.5. The third kappa shape index (κ3) is 3.34. The molecule has 0 bridgehead atoms. The maximum Gasteiger partial charge on any atom is 0.253 e. The molecule has 5 heteroatoms. The summed E-state index contributed by atoms with van der Waals surface area (Å²) in [6.07, 6.45) is 1.64. The number of carbonyl (C=O) groups excluding carboxylic acids is 1. The van der Waals surface area contributed by atoms with Gasteiger partial charge in [-0.3, -0.25) is 4.79 Å². The Labute approximate surface area is 104 Å². The van der Waals surface area contributed by atoms with Gasteiger partial charge in [0, 0.05) is 26.2 Å². The normalized spacial score (nSPS) is 26.4. The number of hydrogen-bond acceptors (Lipinski definition) is 3. The van der Waals surface area contributed by atoms with Crippen molar-refractivity contribution in [2.24, 2.45) is 11.7 Å². The molecule has 1 saturated heterocycles. The Kier molecular flexibility index (Phi) is 6.95. The van der Waals surface area contributed by atoms with E-state index in [1.165, 1.54) is 7.11 Å². The Hall–Kier alpha value is -0.320. The monoisotopic (exact) mass is 250 g/mol. The van der Waals surface area contributed by atoms with Gasteiger partial charge in [-0.05, 0) is 18.8 Å². The molecule has 3 atom stereocenters. The minimum absolute atomic E-state index is 0. The van der Waals surface area contributed by atoms with Crippen LogP contribution in [-0.2, 0) is 9.53 Å². The summed E-state index contributed by atoms with van der Waals surface area (Å²) >= 11 is 0. The molecule has 16 heavy (non-hydrogen) atoms. The molecule has 0 aromatic heterocycles. The summed E-state index contributed by atoms with van der Waals surface area (Å²) in [6.45, 7) is 5.40. The third-order valence-corrected chi connectivity index (χ3v) is 3.15. The number of amides is 1. The van der Waals surface area contributed by atoms with E-state index in [-0.39, 0.29) is 24.9 Å². The summed E-state index contributed by atoms with van der Waals surface area (Å²) in [5.41, 5.74) is 5.50. The van der Waals surface area contributed by atoms with Crippen LogP contribution in [0.15, 0.2) is 0 Å². The van der Waals surface area contributed by atoms with Gasteiger partial charge < -0.3 is 15.4 Å². The number of halogens is 1. The van der Waals surface area contributed by atoms with Gasteiger partial charge in [0.25, 0.3) is 5.91 Å². The smallest absolute Gasteiger partial charge is 0.253 e. The Balaban J connectivity index is 0.00000225. The third-order valence-electron chi connectivity index (χ3n) is 3.15. The number of likely N-dealkylation sites (tertiary alicyclic amines) is 1.